The van der Waals surface area contributed by atoms with Crippen molar-refractivity contribution in [2.24, 2.45) is 0 Å². The Morgan fingerprint density at radius 3 is 2.65 bits per heavy atom. The molecular formula is C14H15ClN2. The summed E-state index contributed by atoms with van der Waals surface area (Å²) in [5.41, 5.74) is 2.28. The van der Waals surface area contributed by atoms with Gasteiger partial charge >= 0.3 is 0 Å². The van der Waals surface area contributed by atoms with Crippen LogP contribution >= 0.6 is 11.6 Å². The first-order valence-electron chi connectivity index (χ1n) is 6.14. The highest BCUT2D eigenvalue weighted by Gasteiger charge is 2.11. The molecule has 0 atom stereocenters. The van der Waals surface area contributed by atoms with Crippen molar-refractivity contribution >= 4 is 28.2 Å². The minimum atomic E-state index is 0.559. The average molecular weight is 247 g/mol. The summed E-state index contributed by atoms with van der Waals surface area (Å²) in [5, 5.41) is 1.72. The third-order valence-electron chi connectivity index (χ3n) is 3.36. The van der Waals surface area contributed by atoms with E-state index in [0.717, 1.165) is 10.9 Å². The lowest BCUT2D eigenvalue weighted by atomic mass is 10.1. The molecule has 0 aliphatic carbocycles. The number of benzene rings is 1. The van der Waals surface area contributed by atoms with Crippen LogP contribution in [0.5, 0.6) is 0 Å². The largest absolute Gasteiger partial charge is 0.372 e. The van der Waals surface area contributed by atoms with Gasteiger partial charge in [0.25, 0.3) is 0 Å². The van der Waals surface area contributed by atoms with Gasteiger partial charge in [0.2, 0.25) is 0 Å². The van der Waals surface area contributed by atoms with E-state index in [2.05, 4.69) is 28.1 Å². The van der Waals surface area contributed by atoms with Gasteiger partial charge in [-0.15, -0.1) is 0 Å². The Hall–Kier alpha value is -1.28. The van der Waals surface area contributed by atoms with Gasteiger partial charge in [-0.2, -0.15) is 0 Å². The van der Waals surface area contributed by atoms with E-state index >= 15 is 0 Å². The van der Waals surface area contributed by atoms with Crippen LogP contribution in [0.15, 0.2) is 30.3 Å². The van der Waals surface area contributed by atoms with E-state index in [4.69, 9.17) is 11.6 Å². The Balaban J connectivity index is 1.98. The first kappa shape index (κ1) is 10.8. The molecule has 0 saturated carbocycles. The lowest BCUT2D eigenvalue weighted by Gasteiger charge is -2.28. The number of nitrogens with zero attached hydrogens (tertiary/aromatic N) is 2. The standard InChI is InChI=1S/C14H15ClN2/c15-14-7-4-11-10-12(5-6-13(11)16-14)17-8-2-1-3-9-17/h4-7,10H,1-3,8-9H2. The van der Waals surface area contributed by atoms with E-state index < -0.39 is 0 Å². The maximum Gasteiger partial charge on any atom is 0.129 e. The van der Waals surface area contributed by atoms with Crippen LogP contribution in [0.1, 0.15) is 19.3 Å². The van der Waals surface area contributed by atoms with Crippen molar-refractivity contribution in [3.8, 4) is 0 Å². The molecule has 3 rings (SSSR count). The fraction of sp³-hybridized carbons (Fsp3) is 0.357. The van der Waals surface area contributed by atoms with E-state index in [1.165, 1.54) is 38.0 Å². The number of piperidine rings is 1. The highest BCUT2D eigenvalue weighted by molar-refractivity contribution is 6.29. The fourth-order valence-corrected chi connectivity index (χ4v) is 2.59. The van der Waals surface area contributed by atoms with Crippen LogP contribution in [0.25, 0.3) is 10.9 Å². The smallest absolute Gasteiger partial charge is 0.129 e. The van der Waals surface area contributed by atoms with Crippen LogP contribution in [-0.2, 0) is 0 Å². The summed E-state index contributed by atoms with van der Waals surface area (Å²) in [6, 6.07) is 10.3. The molecule has 1 fully saturated rings. The monoisotopic (exact) mass is 246 g/mol. The second-order valence-electron chi connectivity index (χ2n) is 4.56. The quantitative estimate of drug-likeness (QED) is 0.710. The van der Waals surface area contributed by atoms with Gasteiger partial charge in [-0.1, -0.05) is 11.6 Å². The molecule has 0 N–H and O–H groups in total. The molecule has 3 heteroatoms. The Morgan fingerprint density at radius 1 is 1.00 bits per heavy atom. The van der Waals surface area contributed by atoms with Gasteiger partial charge in [-0.3, -0.25) is 0 Å². The lowest BCUT2D eigenvalue weighted by molar-refractivity contribution is 0.578. The van der Waals surface area contributed by atoms with Gasteiger partial charge in [0.1, 0.15) is 5.15 Å². The zero-order chi connectivity index (χ0) is 11.7. The van der Waals surface area contributed by atoms with Crippen molar-refractivity contribution in [2.75, 3.05) is 18.0 Å². The average Bonchev–Trinajstić information content (AvgIpc) is 2.39. The zero-order valence-electron chi connectivity index (χ0n) is 9.69. The Bertz CT molecular complexity index is 533. The highest BCUT2D eigenvalue weighted by Crippen LogP contribution is 2.24. The molecule has 0 bridgehead atoms. The van der Waals surface area contributed by atoms with Crippen LogP contribution < -0.4 is 4.90 Å². The molecule has 0 unspecified atom stereocenters. The van der Waals surface area contributed by atoms with Gasteiger partial charge in [0.15, 0.2) is 0 Å². The third kappa shape index (κ3) is 2.22. The summed E-state index contributed by atoms with van der Waals surface area (Å²) in [5.74, 6) is 0. The molecule has 0 amide bonds. The summed E-state index contributed by atoms with van der Waals surface area (Å²) in [4.78, 5) is 6.76. The number of hydrogen-bond acceptors (Lipinski definition) is 2. The topological polar surface area (TPSA) is 16.1 Å². The lowest BCUT2D eigenvalue weighted by Crippen LogP contribution is -2.29. The van der Waals surface area contributed by atoms with Crippen LogP contribution in [0.3, 0.4) is 0 Å². The SMILES string of the molecule is Clc1ccc2cc(N3CCCCC3)ccc2n1. The predicted molar refractivity (Wildman–Crippen MR) is 72.8 cm³/mol. The number of anilines is 1. The first-order valence-corrected chi connectivity index (χ1v) is 6.52. The Morgan fingerprint density at radius 2 is 1.82 bits per heavy atom. The number of fused-ring (bicyclic) bond motifs is 1. The van der Waals surface area contributed by atoms with E-state index in [0.29, 0.717) is 5.15 Å². The molecule has 2 aromatic rings. The highest BCUT2D eigenvalue weighted by atomic mass is 35.5. The van der Waals surface area contributed by atoms with Crippen molar-refractivity contribution in [3.05, 3.63) is 35.5 Å². The van der Waals surface area contributed by atoms with Gasteiger partial charge in [-0.25, -0.2) is 4.98 Å². The molecule has 1 aromatic carbocycles. The molecular weight excluding hydrogens is 232 g/mol. The number of rotatable bonds is 1. The summed E-state index contributed by atoms with van der Waals surface area (Å²) >= 11 is 5.89. The molecule has 88 valence electrons. The van der Waals surface area contributed by atoms with E-state index in [-0.39, 0.29) is 0 Å². The van der Waals surface area contributed by atoms with Crippen molar-refractivity contribution in [2.45, 2.75) is 19.3 Å². The van der Waals surface area contributed by atoms with Gasteiger partial charge in [0.05, 0.1) is 5.52 Å². The summed E-state index contributed by atoms with van der Waals surface area (Å²) in [7, 11) is 0. The summed E-state index contributed by atoms with van der Waals surface area (Å²) in [6.07, 6.45) is 3.97. The predicted octanol–water partition coefficient (Wildman–Crippen LogP) is 3.88. The molecule has 2 nitrogen and oxygen atoms in total. The van der Waals surface area contributed by atoms with Crippen LogP contribution in [0.4, 0.5) is 5.69 Å². The van der Waals surface area contributed by atoms with Crippen molar-refractivity contribution < 1.29 is 0 Å². The number of hydrogen-bond donors (Lipinski definition) is 0. The number of pyridine rings is 1. The molecule has 1 aliphatic rings. The fourth-order valence-electron chi connectivity index (χ4n) is 2.44. The molecule has 0 radical (unpaired) electrons. The van der Waals surface area contributed by atoms with Gasteiger partial charge in [-0.05, 0) is 49.6 Å². The van der Waals surface area contributed by atoms with Gasteiger partial charge < -0.3 is 4.90 Å². The number of halogens is 1. The van der Waals surface area contributed by atoms with Crippen LogP contribution in [0, 0.1) is 0 Å². The second-order valence-corrected chi connectivity index (χ2v) is 4.95. The molecule has 2 heterocycles. The zero-order valence-corrected chi connectivity index (χ0v) is 10.5. The van der Waals surface area contributed by atoms with Crippen molar-refractivity contribution in [1.29, 1.82) is 0 Å². The maximum atomic E-state index is 5.89. The van der Waals surface area contributed by atoms with Crippen molar-refractivity contribution in [1.82, 2.24) is 4.98 Å². The van der Waals surface area contributed by atoms with E-state index in [9.17, 15) is 0 Å². The minimum Gasteiger partial charge on any atom is -0.372 e. The van der Waals surface area contributed by atoms with Crippen LogP contribution in [-0.4, -0.2) is 18.1 Å². The van der Waals surface area contributed by atoms with Crippen LogP contribution in [0.2, 0.25) is 5.15 Å². The molecule has 1 aliphatic heterocycles. The molecule has 0 spiro atoms. The normalized spacial score (nSPS) is 16.4. The Labute approximate surface area is 106 Å². The minimum absolute atomic E-state index is 0.559. The van der Waals surface area contributed by atoms with E-state index in [1.54, 1.807) is 0 Å². The first-order chi connectivity index (χ1) is 8.33. The third-order valence-corrected chi connectivity index (χ3v) is 3.57. The van der Waals surface area contributed by atoms with Gasteiger partial charge in [0, 0.05) is 24.2 Å². The van der Waals surface area contributed by atoms with E-state index in [1.807, 2.05) is 12.1 Å². The molecule has 1 saturated heterocycles. The summed E-state index contributed by atoms with van der Waals surface area (Å²) < 4.78 is 0. The Kier molecular flexibility index (Phi) is 2.89. The second kappa shape index (κ2) is 4.53. The number of aromatic nitrogens is 1. The molecule has 1 aromatic heterocycles. The summed E-state index contributed by atoms with van der Waals surface area (Å²) in [6.45, 7) is 2.35. The maximum absolute atomic E-state index is 5.89. The van der Waals surface area contributed by atoms with Crippen molar-refractivity contribution in [3.63, 3.8) is 0 Å². The molecule has 17 heavy (non-hydrogen) atoms.